The van der Waals surface area contributed by atoms with Gasteiger partial charge >= 0.3 is 0 Å². The molecule has 2 rings (SSSR count). The fourth-order valence-electron chi connectivity index (χ4n) is 2.43. The molecule has 0 saturated carbocycles. The molecule has 1 aromatic carbocycles. The second-order valence-corrected chi connectivity index (χ2v) is 6.39. The Balaban J connectivity index is 2.51. The summed E-state index contributed by atoms with van der Waals surface area (Å²) in [5.74, 6) is 2.00. The Morgan fingerprint density at radius 3 is 2.76 bits per heavy atom. The summed E-state index contributed by atoms with van der Waals surface area (Å²) in [4.78, 5) is 7.42. The molecule has 21 heavy (non-hydrogen) atoms. The molecule has 5 heteroatoms. The summed E-state index contributed by atoms with van der Waals surface area (Å²) in [5.41, 5.74) is 7.73. The maximum Gasteiger partial charge on any atom is 0.129 e. The first-order valence-electron chi connectivity index (χ1n) is 6.99. The highest BCUT2D eigenvalue weighted by atomic mass is 32.2. The lowest BCUT2D eigenvalue weighted by Crippen LogP contribution is -2.34. The molecule has 1 heterocycles. The Bertz CT molecular complexity index is 642. The van der Waals surface area contributed by atoms with Gasteiger partial charge < -0.3 is 10.6 Å². The average Bonchev–Trinajstić information content (AvgIpc) is 2.50. The fraction of sp³-hybridized carbons (Fsp3) is 0.375. The molecule has 0 fully saturated rings. The van der Waals surface area contributed by atoms with Crippen molar-refractivity contribution in [1.29, 1.82) is 0 Å². The highest BCUT2D eigenvalue weighted by Crippen LogP contribution is 2.24. The van der Waals surface area contributed by atoms with Gasteiger partial charge in [-0.2, -0.15) is 11.8 Å². The van der Waals surface area contributed by atoms with Crippen molar-refractivity contribution in [2.24, 2.45) is 5.73 Å². The Morgan fingerprint density at radius 1 is 1.43 bits per heavy atom. The number of hydrogen-bond donors (Lipinski definition) is 1. The van der Waals surface area contributed by atoms with Crippen LogP contribution in [0.2, 0.25) is 0 Å². The van der Waals surface area contributed by atoms with Gasteiger partial charge in [-0.15, -0.1) is 0 Å². The summed E-state index contributed by atoms with van der Waals surface area (Å²) in [7, 11) is 2.09. The molecule has 0 aliphatic rings. The molecule has 0 bridgehead atoms. The summed E-state index contributed by atoms with van der Waals surface area (Å²) in [5, 5.41) is 1.01. The molecule has 1 aromatic heterocycles. The molecule has 0 spiro atoms. The summed E-state index contributed by atoms with van der Waals surface area (Å²) in [6, 6.07) is 10.4. The monoisotopic (exact) mass is 319 g/mol. The first-order valence-corrected chi connectivity index (χ1v) is 8.80. The molecule has 0 saturated heterocycles. The number of para-hydroxylation sites is 1. The van der Waals surface area contributed by atoms with Crippen LogP contribution in [0.4, 0.5) is 5.82 Å². The molecule has 2 aromatic rings. The maximum absolute atomic E-state index is 5.90. The number of pyridine rings is 1. The van der Waals surface area contributed by atoms with Crippen molar-refractivity contribution < 1.29 is 0 Å². The van der Waals surface area contributed by atoms with E-state index in [2.05, 4.69) is 25.1 Å². The van der Waals surface area contributed by atoms with Crippen LogP contribution in [0.25, 0.3) is 10.9 Å². The van der Waals surface area contributed by atoms with Gasteiger partial charge in [-0.05, 0) is 24.8 Å². The van der Waals surface area contributed by atoms with E-state index in [1.165, 1.54) is 0 Å². The van der Waals surface area contributed by atoms with Gasteiger partial charge in [-0.3, -0.25) is 0 Å². The first-order chi connectivity index (χ1) is 10.1. The highest BCUT2D eigenvalue weighted by molar-refractivity contribution is 7.98. The van der Waals surface area contributed by atoms with Crippen LogP contribution in [0.1, 0.15) is 18.9 Å². The fourth-order valence-corrected chi connectivity index (χ4v) is 3.44. The van der Waals surface area contributed by atoms with Crippen LogP contribution in [0.15, 0.2) is 30.3 Å². The van der Waals surface area contributed by atoms with Gasteiger partial charge in [0.25, 0.3) is 0 Å². The minimum atomic E-state index is 0.418. The van der Waals surface area contributed by atoms with Crippen LogP contribution in [-0.2, 0) is 0 Å². The summed E-state index contributed by atoms with van der Waals surface area (Å²) < 4.78 is 0. The van der Waals surface area contributed by atoms with Gasteiger partial charge in [0.05, 0.1) is 5.52 Å². The van der Waals surface area contributed by atoms with Crippen LogP contribution in [-0.4, -0.2) is 35.1 Å². The van der Waals surface area contributed by atoms with E-state index in [4.69, 9.17) is 22.9 Å². The van der Waals surface area contributed by atoms with E-state index in [-0.39, 0.29) is 0 Å². The normalized spacial score (nSPS) is 12.3. The number of thiocarbonyl (C=S) groups is 1. The Kier molecular flexibility index (Phi) is 5.42. The quantitative estimate of drug-likeness (QED) is 0.826. The van der Waals surface area contributed by atoms with Crippen molar-refractivity contribution in [2.75, 3.05) is 24.0 Å². The topological polar surface area (TPSA) is 42.1 Å². The lowest BCUT2D eigenvalue weighted by atomic mass is 10.1. The molecule has 0 aliphatic carbocycles. The van der Waals surface area contributed by atoms with E-state index in [0.717, 1.165) is 34.5 Å². The zero-order valence-electron chi connectivity index (χ0n) is 12.7. The van der Waals surface area contributed by atoms with Crippen LogP contribution in [0.3, 0.4) is 0 Å². The predicted octanol–water partition coefficient (Wildman–Crippen LogP) is 3.45. The van der Waals surface area contributed by atoms with Crippen molar-refractivity contribution in [3.63, 3.8) is 0 Å². The van der Waals surface area contributed by atoms with E-state index >= 15 is 0 Å². The van der Waals surface area contributed by atoms with Crippen molar-refractivity contribution in [3.05, 3.63) is 35.9 Å². The molecule has 1 atom stereocenters. The van der Waals surface area contributed by atoms with Gasteiger partial charge in [0.2, 0.25) is 0 Å². The second-order valence-electron chi connectivity index (χ2n) is 5.04. The first kappa shape index (κ1) is 16.0. The van der Waals surface area contributed by atoms with Gasteiger partial charge in [0.1, 0.15) is 10.8 Å². The molecule has 0 radical (unpaired) electrons. The molecule has 3 nitrogen and oxygen atoms in total. The Labute approximate surface area is 135 Å². The smallest absolute Gasteiger partial charge is 0.129 e. The number of nitrogens with two attached hydrogens (primary N) is 1. The number of aromatic nitrogens is 1. The predicted molar refractivity (Wildman–Crippen MR) is 98.5 cm³/mol. The SMILES string of the molecule is CCC(CSC)N(C)c1cc(C(N)=S)c2ccccc2n1. The van der Waals surface area contributed by atoms with Crippen molar-refractivity contribution in [3.8, 4) is 0 Å². The minimum Gasteiger partial charge on any atom is -0.389 e. The van der Waals surface area contributed by atoms with Gasteiger partial charge in [0, 0.05) is 29.8 Å². The summed E-state index contributed by atoms with van der Waals surface area (Å²) in [6.45, 7) is 2.20. The number of thioether (sulfide) groups is 1. The van der Waals surface area contributed by atoms with Gasteiger partial charge in [0.15, 0.2) is 0 Å². The van der Waals surface area contributed by atoms with Crippen LogP contribution >= 0.6 is 24.0 Å². The highest BCUT2D eigenvalue weighted by Gasteiger charge is 2.16. The lowest BCUT2D eigenvalue weighted by Gasteiger charge is -2.28. The van der Waals surface area contributed by atoms with Crippen molar-refractivity contribution >= 4 is 45.7 Å². The summed E-state index contributed by atoms with van der Waals surface area (Å²) >= 11 is 7.06. The van der Waals surface area contributed by atoms with Crippen molar-refractivity contribution in [2.45, 2.75) is 19.4 Å². The number of benzene rings is 1. The van der Waals surface area contributed by atoms with Gasteiger partial charge in [-0.25, -0.2) is 4.98 Å². The average molecular weight is 319 g/mol. The third-order valence-electron chi connectivity index (χ3n) is 3.71. The largest absolute Gasteiger partial charge is 0.389 e. The van der Waals surface area contributed by atoms with Crippen LogP contribution in [0.5, 0.6) is 0 Å². The lowest BCUT2D eigenvalue weighted by molar-refractivity contribution is 0.667. The number of hydrogen-bond acceptors (Lipinski definition) is 4. The summed E-state index contributed by atoms with van der Waals surface area (Å²) in [6.07, 6.45) is 3.21. The van der Waals surface area contributed by atoms with Gasteiger partial charge in [-0.1, -0.05) is 37.3 Å². The van der Waals surface area contributed by atoms with E-state index in [1.54, 1.807) is 0 Å². The molecule has 1 unspecified atom stereocenters. The van der Waals surface area contributed by atoms with E-state index < -0.39 is 0 Å². The maximum atomic E-state index is 5.90. The van der Waals surface area contributed by atoms with Crippen LogP contribution < -0.4 is 10.6 Å². The zero-order valence-corrected chi connectivity index (χ0v) is 14.3. The Hall–Kier alpha value is -1.33. The third-order valence-corrected chi connectivity index (χ3v) is 4.65. The Morgan fingerprint density at radius 2 is 2.14 bits per heavy atom. The third kappa shape index (κ3) is 3.47. The molecular weight excluding hydrogens is 298 g/mol. The van der Waals surface area contributed by atoms with E-state index in [1.807, 2.05) is 42.1 Å². The minimum absolute atomic E-state index is 0.418. The standard InChI is InChI=1S/C16H21N3S2/c1-4-11(10-21-3)19(2)15-9-13(16(17)20)12-7-5-6-8-14(12)18-15/h5-9,11H,4,10H2,1-3H3,(H2,17,20). The molecule has 2 N–H and O–H groups in total. The number of nitrogens with zero attached hydrogens (tertiary/aromatic N) is 2. The molecule has 0 amide bonds. The molecule has 112 valence electrons. The number of fused-ring (bicyclic) bond motifs is 1. The van der Waals surface area contributed by atoms with Crippen LogP contribution in [0, 0.1) is 0 Å². The number of rotatable bonds is 6. The van der Waals surface area contributed by atoms with E-state index in [0.29, 0.717) is 11.0 Å². The number of anilines is 1. The van der Waals surface area contributed by atoms with Crippen molar-refractivity contribution in [1.82, 2.24) is 4.98 Å². The molecule has 0 aliphatic heterocycles. The molecular formula is C16H21N3S2. The van der Waals surface area contributed by atoms with E-state index in [9.17, 15) is 0 Å². The second kappa shape index (κ2) is 7.09. The zero-order chi connectivity index (χ0) is 15.4.